The summed E-state index contributed by atoms with van der Waals surface area (Å²) >= 11 is 0. The van der Waals surface area contributed by atoms with Gasteiger partial charge in [0.25, 0.3) is 5.91 Å². The molecule has 158 valence electrons. The number of anilines is 2. The van der Waals surface area contributed by atoms with E-state index in [-0.39, 0.29) is 30.9 Å². The number of carbonyl (C=O) groups excluding carboxylic acids is 3. The monoisotopic (exact) mass is 410 g/mol. The Kier molecular flexibility index (Phi) is 6.40. The minimum absolute atomic E-state index is 0.0192. The zero-order valence-corrected chi connectivity index (χ0v) is 17.4. The maximum Gasteiger partial charge on any atom is 0.309 e. The molecule has 0 saturated carbocycles. The van der Waals surface area contributed by atoms with E-state index in [1.54, 1.807) is 24.3 Å². The van der Waals surface area contributed by atoms with Gasteiger partial charge in [-0.2, -0.15) is 0 Å². The molecule has 0 fully saturated rings. The van der Waals surface area contributed by atoms with E-state index in [2.05, 4.69) is 26.1 Å². The molecule has 1 heterocycles. The van der Waals surface area contributed by atoms with Gasteiger partial charge < -0.3 is 14.8 Å². The van der Waals surface area contributed by atoms with Gasteiger partial charge in [-0.15, -0.1) is 0 Å². The highest BCUT2D eigenvalue weighted by Gasteiger charge is 2.27. The molecule has 2 aromatic carbocycles. The van der Waals surface area contributed by atoms with Crippen molar-refractivity contribution in [1.82, 2.24) is 0 Å². The molecule has 7 nitrogen and oxygen atoms in total. The molecular formula is C23H26N2O5. The number of nitrogens with zero attached hydrogens (tertiary/aromatic N) is 1. The van der Waals surface area contributed by atoms with Crippen LogP contribution in [0.1, 0.15) is 32.8 Å². The third-order valence-corrected chi connectivity index (χ3v) is 4.72. The van der Waals surface area contributed by atoms with Crippen LogP contribution in [0, 0.1) is 0 Å². The van der Waals surface area contributed by atoms with E-state index in [4.69, 9.17) is 9.47 Å². The van der Waals surface area contributed by atoms with Crippen molar-refractivity contribution in [3.8, 4) is 5.75 Å². The molecule has 30 heavy (non-hydrogen) atoms. The van der Waals surface area contributed by atoms with Crippen molar-refractivity contribution in [3.05, 3.63) is 54.1 Å². The molecule has 0 bridgehead atoms. The third-order valence-electron chi connectivity index (χ3n) is 4.72. The number of para-hydroxylation sites is 2. The minimum atomic E-state index is -0.538. The molecule has 0 atom stereocenters. The van der Waals surface area contributed by atoms with Crippen LogP contribution in [0.25, 0.3) is 0 Å². The Hall–Kier alpha value is -3.35. The van der Waals surface area contributed by atoms with Crippen molar-refractivity contribution >= 4 is 29.2 Å². The van der Waals surface area contributed by atoms with E-state index in [1.807, 2.05) is 24.3 Å². The lowest BCUT2D eigenvalue weighted by Crippen LogP contribution is -2.44. The lowest BCUT2D eigenvalue weighted by molar-refractivity contribution is -0.148. The summed E-state index contributed by atoms with van der Waals surface area (Å²) in [4.78, 5) is 37.5. The first-order chi connectivity index (χ1) is 14.2. The van der Waals surface area contributed by atoms with E-state index in [0.29, 0.717) is 17.1 Å². The average Bonchev–Trinajstić information content (AvgIpc) is 2.71. The van der Waals surface area contributed by atoms with Crippen LogP contribution in [-0.2, 0) is 24.5 Å². The number of esters is 1. The van der Waals surface area contributed by atoms with E-state index in [1.165, 1.54) is 10.5 Å². The quantitative estimate of drug-likeness (QED) is 0.739. The van der Waals surface area contributed by atoms with Crippen LogP contribution in [-0.4, -0.2) is 37.5 Å². The molecule has 1 N–H and O–H groups in total. The Bertz CT molecular complexity index is 931. The Balaban J connectivity index is 1.45. The van der Waals surface area contributed by atoms with Crippen molar-refractivity contribution in [1.29, 1.82) is 0 Å². The first kappa shape index (κ1) is 21.4. The molecule has 0 aliphatic carbocycles. The van der Waals surface area contributed by atoms with Gasteiger partial charge in [0.2, 0.25) is 5.91 Å². The second-order valence-corrected chi connectivity index (χ2v) is 8.08. The van der Waals surface area contributed by atoms with E-state index < -0.39 is 18.5 Å². The van der Waals surface area contributed by atoms with Crippen LogP contribution < -0.4 is 15.0 Å². The van der Waals surface area contributed by atoms with Gasteiger partial charge in [0.05, 0.1) is 24.4 Å². The molecule has 0 radical (unpaired) electrons. The maximum absolute atomic E-state index is 12.5. The summed E-state index contributed by atoms with van der Waals surface area (Å²) in [5, 5.41) is 2.71. The summed E-state index contributed by atoms with van der Waals surface area (Å²) in [7, 11) is 0. The third kappa shape index (κ3) is 5.37. The highest BCUT2D eigenvalue weighted by atomic mass is 16.5. The van der Waals surface area contributed by atoms with Crippen LogP contribution in [0.5, 0.6) is 5.75 Å². The molecule has 2 aromatic rings. The number of nitrogens with one attached hydrogen (secondary N) is 1. The lowest BCUT2D eigenvalue weighted by Gasteiger charge is -2.28. The number of fused-ring (bicyclic) bond motifs is 1. The SMILES string of the molecule is CC(C)(C)c1ccc(OCCC(=O)OCC(=O)N2CC(=O)Nc3ccccc32)cc1. The number of carbonyl (C=O) groups is 3. The van der Waals surface area contributed by atoms with E-state index in [9.17, 15) is 14.4 Å². The fourth-order valence-corrected chi connectivity index (χ4v) is 3.05. The van der Waals surface area contributed by atoms with E-state index >= 15 is 0 Å². The van der Waals surface area contributed by atoms with Gasteiger partial charge in [0, 0.05) is 0 Å². The fraction of sp³-hybridized carbons (Fsp3) is 0.348. The first-order valence-electron chi connectivity index (χ1n) is 9.82. The predicted octanol–water partition coefficient (Wildman–Crippen LogP) is 3.28. The molecule has 1 aliphatic rings. The van der Waals surface area contributed by atoms with Crippen LogP contribution in [0.4, 0.5) is 11.4 Å². The number of benzene rings is 2. The Morgan fingerprint density at radius 3 is 2.47 bits per heavy atom. The number of amides is 2. The Labute approximate surface area is 176 Å². The predicted molar refractivity (Wildman–Crippen MR) is 114 cm³/mol. The fourth-order valence-electron chi connectivity index (χ4n) is 3.05. The number of hydrogen-bond acceptors (Lipinski definition) is 5. The second kappa shape index (κ2) is 8.98. The van der Waals surface area contributed by atoms with Crippen molar-refractivity contribution in [2.45, 2.75) is 32.6 Å². The van der Waals surface area contributed by atoms with Gasteiger partial charge in [0.15, 0.2) is 6.61 Å². The molecule has 3 rings (SSSR count). The van der Waals surface area contributed by atoms with Crippen molar-refractivity contribution in [2.75, 3.05) is 30.0 Å². The highest BCUT2D eigenvalue weighted by molar-refractivity contribution is 6.10. The van der Waals surface area contributed by atoms with E-state index in [0.717, 1.165) is 0 Å². The van der Waals surface area contributed by atoms with Gasteiger partial charge in [-0.25, -0.2) is 0 Å². The van der Waals surface area contributed by atoms with Crippen molar-refractivity contribution in [3.63, 3.8) is 0 Å². The first-order valence-corrected chi connectivity index (χ1v) is 9.82. The summed E-state index contributed by atoms with van der Waals surface area (Å²) in [6.45, 7) is 6.01. The molecule has 2 amide bonds. The molecule has 0 spiro atoms. The lowest BCUT2D eigenvalue weighted by atomic mass is 9.87. The number of rotatable bonds is 6. The zero-order chi connectivity index (χ0) is 21.7. The largest absolute Gasteiger partial charge is 0.493 e. The summed E-state index contributed by atoms with van der Waals surface area (Å²) in [6.07, 6.45) is 0.0192. The zero-order valence-electron chi connectivity index (χ0n) is 17.4. The number of ether oxygens (including phenoxy) is 2. The molecule has 0 unspecified atom stereocenters. The summed E-state index contributed by atoms with van der Waals surface area (Å²) in [5.74, 6) is -0.615. The summed E-state index contributed by atoms with van der Waals surface area (Å²) in [6, 6.07) is 14.7. The van der Waals surface area contributed by atoms with Gasteiger partial charge in [-0.3, -0.25) is 19.3 Å². The summed E-state index contributed by atoms with van der Waals surface area (Å²) < 4.78 is 10.6. The normalized spacial score (nSPS) is 13.3. The number of hydrogen-bond donors (Lipinski definition) is 1. The van der Waals surface area contributed by atoms with Gasteiger partial charge in [-0.1, -0.05) is 45.0 Å². The highest BCUT2D eigenvalue weighted by Crippen LogP contribution is 2.29. The smallest absolute Gasteiger partial charge is 0.309 e. The minimum Gasteiger partial charge on any atom is -0.493 e. The van der Waals surface area contributed by atoms with Crippen molar-refractivity contribution < 1.29 is 23.9 Å². The van der Waals surface area contributed by atoms with Gasteiger partial charge >= 0.3 is 5.97 Å². The van der Waals surface area contributed by atoms with Crippen LogP contribution >= 0.6 is 0 Å². The average molecular weight is 410 g/mol. The van der Waals surface area contributed by atoms with Crippen LogP contribution in [0.3, 0.4) is 0 Å². The van der Waals surface area contributed by atoms with Gasteiger partial charge in [0.1, 0.15) is 12.3 Å². The standard InChI is InChI=1S/C23H26N2O5/c1-23(2,3)16-8-10-17(11-9-16)29-13-12-22(28)30-15-21(27)25-14-20(26)24-18-6-4-5-7-19(18)25/h4-11H,12-15H2,1-3H3,(H,24,26). The van der Waals surface area contributed by atoms with Crippen molar-refractivity contribution in [2.24, 2.45) is 0 Å². The second-order valence-electron chi connectivity index (χ2n) is 8.08. The molecule has 7 heteroatoms. The van der Waals surface area contributed by atoms with Crippen LogP contribution in [0.2, 0.25) is 0 Å². The van der Waals surface area contributed by atoms with Crippen LogP contribution in [0.15, 0.2) is 48.5 Å². The maximum atomic E-state index is 12.5. The summed E-state index contributed by atoms with van der Waals surface area (Å²) in [5.41, 5.74) is 2.39. The topological polar surface area (TPSA) is 84.9 Å². The molecule has 1 aliphatic heterocycles. The Morgan fingerprint density at radius 1 is 1.07 bits per heavy atom. The molecular weight excluding hydrogens is 384 g/mol. The Morgan fingerprint density at radius 2 is 1.77 bits per heavy atom. The molecule has 0 saturated heterocycles. The molecule has 0 aromatic heterocycles. The van der Waals surface area contributed by atoms with Gasteiger partial charge in [-0.05, 0) is 35.2 Å².